The summed E-state index contributed by atoms with van der Waals surface area (Å²) in [6.07, 6.45) is 3.89. The molecule has 3 aliphatic rings. The molecule has 1 saturated carbocycles. The Bertz CT molecular complexity index is 767. The van der Waals surface area contributed by atoms with Gasteiger partial charge in [-0.3, -0.25) is 0 Å². The van der Waals surface area contributed by atoms with Crippen molar-refractivity contribution in [3.05, 3.63) is 34.9 Å². The lowest BCUT2D eigenvalue weighted by molar-refractivity contribution is -0.320. The van der Waals surface area contributed by atoms with Gasteiger partial charge in [-0.15, -0.1) is 0 Å². The zero-order chi connectivity index (χ0) is 20.9. The molecule has 1 amide bonds. The Labute approximate surface area is 174 Å². The molecule has 1 aromatic rings. The quantitative estimate of drug-likeness (QED) is 0.676. The van der Waals surface area contributed by atoms with Gasteiger partial charge in [-0.05, 0) is 44.7 Å². The molecule has 160 valence electrons. The zero-order valence-electron chi connectivity index (χ0n) is 18.5. The monoisotopic (exact) mass is 401 g/mol. The van der Waals surface area contributed by atoms with Crippen LogP contribution in [0.5, 0.6) is 0 Å². The molecule has 0 aromatic heterocycles. The molecule has 5 nitrogen and oxygen atoms in total. The number of hydrogen-bond acceptors (Lipinski definition) is 4. The fourth-order valence-corrected chi connectivity index (χ4v) is 4.90. The molecule has 2 saturated heterocycles. The summed E-state index contributed by atoms with van der Waals surface area (Å²) in [5.41, 5.74) is 3.34. The van der Waals surface area contributed by atoms with Crippen LogP contribution in [0.4, 0.5) is 4.79 Å². The third-order valence-corrected chi connectivity index (χ3v) is 7.07. The van der Waals surface area contributed by atoms with Crippen molar-refractivity contribution in [1.29, 1.82) is 0 Å². The molecule has 1 atom stereocenters. The van der Waals surface area contributed by atoms with Crippen LogP contribution in [0.2, 0.25) is 0 Å². The predicted octanol–water partition coefficient (Wildman–Crippen LogP) is 5.29. The minimum atomic E-state index is -0.476. The Kier molecular flexibility index (Phi) is 5.19. The molecule has 0 radical (unpaired) electrons. The van der Waals surface area contributed by atoms with Crippen LogP contribution in [-0.2, 0) is 14.2 Å². The van der Waals surface area contributed by atoms with Crippen molar-refractivity contribution in [2.24, 2.45) is 5.41 Å². The van der Waals surface area contributed by atoms with Crippen LogP contribution >= 0.6 is 0 Å². The SMILES string of the molecule is Cc1ccc(C)c([C@H](C)N2CCC3(CCC4(CC3)OCC(C)(C)CO4)OC2=O)c1. The Hall–Kier alpha value is -1.59. The lowest BCUT2D eigenvalue weighted by Crippen LogP contribution is -2.56. The Morgan fingerprint density at radius 2 is 1.66 bits per heavy atom. The largest absolute Gasteiger partial charge is 0.443 e. The first-order valence-corrected chi connectivity index (χ1v) is 11.0. The number of rotatable bonds is 2. The number of benzene rings is 1. The second kappa shape index (κ2) is 7.28. The van der Waals surface area contributed by atoms with Crippen LogP contribution in [0.25, 0.3) is 0 Å². The van der Waals surface area contributed by atoms with Gasteiger partial charge in [-0.25, -0.2) is 4.79 Å². The maximum Gasteiger partial charge on any atom is 0.410 e. The fraction of sp³-hybridized carbons (Fsp3) is 0.708. The highest BCUT2D eigenvalue weighted by Gasteiger charge is 2.51. The predicted molar refractivity (Wildman–Crippen MR) is 112 cm³/mol. The second-order valence-electron chi connectivity index (χ2n) is 10.2. The highest BCUT2D eigenvalue weighted by Crippen LogP contribution is 2.47. The van der Waals surface area contributed by atoms with E-state index in [1.807, 2.05) is 4.90 Å². The molecule has 29 heavy (non-hydrogen) atoms. The average Bonchev–Trinajstić information content (AvgIpc) is 2.68. The first-order valence-electron chi connectivity index (χ1n) is 11.0. The van der Waals surface area contributed by atoms with E-state index in [0.717, 1.165) is 51.9 Å². The molecule has 3 fully saturated rings. The molecule has 2 aliphatic heterocycles. The van der Waals surface area contributed by atoms with Gasteiger partial charge in [0.1, 0.15) is 5.60 Å². The minimum absolute atomic E-state index is 0.0157. The molecule has 2 spiro atoms. The average molecular weight is 402 g/mol. The second-order valence-corrected chi connectivity index (χ2v) is 10.2. The molecule has 0 unspecified atom stereocenters. The summed E-state index contributed by atoms with van der Waals surface area (Å²) in [6.45, 7) is 12.8. The Morgan fingerprint density at radius 1 is 1.00 bits per heavy atom. The molecule has 5 heteroatoms. The first-order chi connectivity index (χ1) is 13.6. The number of amides is 1. The van der Waals surface area contributed by atoms with Gasteiger partial charge in [0.25, 0.3) is 0 Å². The van der Waals surface area contributed by atoms with Crippen LogP contribution in [-0.4, -0.2) is 42.1 Å². The Balaban J connectivity index is 1.40. The van der Waals surface area contributed by atoms with Crippen LogP contribution in [0, 0.1) is 19.3 Å². The van der Waals surface area contributed by atoms with Crippen LogP contribution in [0.3, 0.4) is 0 Å². The standard InChI is InChI=1S/C24H35NO4/c1-17-6-7-18(2)20(14-17)19(3)25-13-12-23(29-21(25)26)8-10-24(11-9-23)27-15-22(4,5)16-28-24/h6-7,14,19H,8-13,15-16H2,1-5H3/t19-/m0/s1. The van der Waals surface area contributed by atoms with Crippen molar-refractivity contribution in [2.45, 2.75) is 84.2 Å². The van der Waals surface area contributed by atoms with E-state index in [0.29, 0.717) is 0 Å². The summed E-state index contributed by atoms with van der Waals surface area (Å²) >= 11 is 0. The topological polar surface area (TPSA) is 48.0 Å². The lowest BCUT2D eigenvalue weighted by atomic mass is 9.77. The van der Waals surface area contributed by atoms with Crippen molar-refractivity contribution in [3.63, 3.8) is 0 Å². The number of aryl methyl sites for hydroxylation is 2. The van der Waals surface area contributed by atoms with E-state index in [1.165, 1.54) is 16.7 Å². The number of ether oxygens (including phenoxy) is 3. The van der Waals surface area contributed by atoms with Crippen molar-refractivity contribution < 1.29 is 19.0 Å². The summed E-state index contributed by atoms with van der Waals surface area (Å²) in [5, 5.41) is 0. The molecular formula is C24H35NO4. The fourth-order valence-electron chi connectivity index (χ4n) is 4.90. The maximum atomic E-state index is 13.0. The van der Waals surface area contributed by atoms with Gasteiger partial charge < -0.3 is 19.1 Å². The molecule has 1 aliphatic carbocycles. The number of carbonyl (C=O) groups excluding carboxylic acids is 1. The number of nitrogens with zero attached hydrogens (tertiary/aromatic N) is 1. The molecule has 2 heterocycles. The third-order valence-electron chi connectivity index (χ3n) is 7.07. The van der Waals surface area contributed by atoms with E-state index >= 15 is 0 Å². The molecule has 0 bridgehead atoms. The van der Waals surface area contributed by atoms with Crippen molar-refractivity contribution in [1.82, 2.24) is 4.90 Å². The third kappa shape index (κ3) is 4.04. The summed E-state index contributed by atoms with van der Waals surface area (Å²) in [4.78, 5) is 14.9. The highest BCUT2D eigenvalue weighted by molar-refractivity contribution is 5.70. The normalized spacial score (nSPS) is 26.4. The summed E-state index contributed by atoms with van der Waals surface area (Å²) < 4.78 is 18.4. The van der Waals surface area contributed by atoms with Gasteiger partial charge in [0.2, 0.25) is 0 Å². The van der Waals surface area contributed by atoms with Crippen LogP contribution in [0.1, 0.15) is 75.6 Å². The molecule has 1 aromatic carbocycles. The molecule has 4 rings (SSSR count). The lowest BCUT2D eigenvalue weighted by Gasteiger charge is -2.51. The summed E-state index contributed by atoms with van der Waals surface area (Å²) in [5.74, 6) is -0.476. The minimum Gasteiger partial charge on any atom is -0.443 e. The van der Waals surface area contributed by atoms with Crippen LogP contribution < -0.4 is 0 Å². The van der Waals surface area contributed by atoms with E-state index in [-0.39, 0.29) is 23.2 Å². The van der Waals surface area contributed by atoms with E-state index < -0.39 is 5.79 Å². The smallest absolute Gasteiger partial charge is 0.410 e. The van der Waals surface area contributed by atoms with Gasteiger partial charge in [0.15, 0.2) is 5.79 Å². The van der Waals surface area contributed by atoms with Crippen molar-refractivity contribution >= 4 is 6.09 Å². The molecular weight excluding hydrogens is 366 g/mol. The van der Waals surface area contributed by atoms with E-state index in [1.54, 1.807) is 0 Å². The number of hydrogen-bond donors (Lipinski definition) is 0. The van der Waals surface area contributed by atoms with Crippen molar-refractivity contribution in [2.75, 3.05) is 19.8 Å². The molecule has 0 N–H and O–H groups in total. The van der Waals surface area contributed by atoms with Crippen LogP contribution in [0.15, 0.2) is 18.2 Å². The van der Waals surface area contributed by atoms with E-state index in [2.05, 4.69) is 52.8 Å². The van der Waals surface area contributed by atoms with E-state index in [4.69, 9.17) is 14.2 Å². The van der Waals surface area contributed by atoms with E-state index in [9.17, 15) is 4.79 Å². The Morgan fingerprint density at radius 3 is 2.28 bits per heavy atom. The first kappa shape index (κ1) is 20.7. The van der Waals surface area contributed by atoms with Crippen molar-refractivity contribution in [3.8, 4) is 0 Å². The zero-order valence-corrected chi connectivity index (χ0v) is 18.5. The number of carbonyl (C=O) groups is 1. The highest BCUT2D eigenvalue weighted by atomic mass is 16.7. The van der Waals surface area contributed by atoms with Gasteiger partial charge >= 0.3 is 6.09 Å². The van der Waals surface area contributed by atoms with Gasteiger partial charge in [0.05, 0.1) is 19.3 Å². The summed E-state index contributed by atoms with van der Waals surface area (Å²) in [6, 6.07) is 6.44. The van der Waals surface area contributed by atoms with Gasteiger partial charge in [0, 0.05) is 31.2 Å². The summed E-state index contributed by atoms with van der Waals surface area (Å²) in [7, 11) is 0. The van der Waals surface area contributed by atoms with Gasteiger partial charge in [-0.2, -0.15) is 0 Å². The van der Waals surface area contributed by atoms with Gasteiger partial charge in [-0.1, -0.05) is 37.6 Å². The maximum absolute atomic E-state index is 13.0.